The summed E-state index contributed by atoms with van der Waals surface area (Å²) in [7, 11) is 0. The van der Waals surface area contributed by atoms with Crippen molar-refractivity contribution in [2.45, 2.75) is 130 Å². The third kappa shape index (κ3) is 6.72. The van der Waals surface area contributed by atoms with Gasteiger partial charge in [0.15, 0.2) is 0 Å². The normalized spacial score (nSPS) is 34.4. The smallest absolute Gasteiger partial charge is 0.0326 e. The molecule has 0 heterocycles. The second kappa shape index (κ2) is 10.9. The number of rotatable bonds is 10. The van der Waals surface area contributed by atoms with Gasteiger partial charge in [0, 0.05) is 0 Å². The first-order chi connectivity index (χ1) is 11.7. The molecule has 0 nitrogen and oxygen atoms in total. The molecule has 0 unspecified atom stereocenters. The highest BCUT2D eigenvalue weighted by molar-refractivity contribution is 4.86. The highest BCUT2D eigenvalue weighted by Gasteiger charge is 2.35. The monoisotopic (exact) mass is 334 g/mol. The summed E-state index contributed by atoms with van der Waals surface area (Å²) >= 11 is 0. The molecule has 142 valence electrons. The Balaban J connectivity index is 1.61. The maximum Gasteiger partial charge on any atom is -0.0326 e. The Morgan fingerprint density at radius 1 is 0.667 bits per heavy atom. The molecular formula is C24H46. The lowest BCUT2D eigenvalue weighted by molar-refractivity contribution is 0.0950. The molecule has 0 bridgehead atoms. The Morgan fingerprint density at radius 2 is 1.25 bits per heavy atom. The Hall–Kier alpha value is 0. The number of hydrogen-bond donors (Lipinski definition) is 0. The van der Waals surface area contributed by atoms with Gasteiger partial charge in [-0.2, -0.15) is 0 Å². The Morgan fingerprint density at radius 3 is 1.88 bits per heavy atom. The molecule has 0 aliphatic heterocycles. The summed E-state index contributed by atoms with van der Waals surface area (Å²) in [5.74, 6) is 3.27. The molecule has 0 saturated heterocycles. The van der Waals surface area contributed by atoms with Crippen molar-refractivity contribution in [2.75, 3.05) is 0 Å². The first-order valence-corrected chi connectivity index (χ1v) is 11.7. The molecule has 0 atom stereocenters. The van der Waals surface area contributed by atoms with E-state index in [9.17, 15) is 0 Å². The van der Waals surface area contributed by atoms with Crippen molar-refractivity contribution < 1.29 is 0 Å². The summed E-state index contributed by atoms with van der Waals surface area (Å²) in [4.78, 5) is 0. The van der Waals surface area contributed by atoms with E-state index >= 15 is 0 Å². The van der Waals surface area contributed by atoms with E-state index in [-0.39, 0.29) is 0 Å². The minimum atomic E-state index is 0.697. The van der Waals surface area contributed by atoms with Gasteiger partial charge in [-0.25, -0.2) is 0 Å². The molecule has 24 heavy (non-hydrogen) atoms. The second-order valence-corrected chi connectivity index (χ2v) is 9.74. The van der Waals surface area contributed by atoms with E-state index in [0.29, 0.717) is 5.41 Å². The van der Waals surface area contributed by atoms with Crippen molar-refractivity contribution in [2.24, 2.45) is 23.2 Å². The van der Waals surface area contributed by atoms with Crippen LogP contribution in [-0.2, 0) is 0 Å². The van der Waals surface area contributed by atoms with Crippen LogP contribution in [0.2, 0.25) is 0 Å². The summed E-state index contributed by atoms with van der Waals surface area (Å²) in [6.45, 7) is 7.25. The standard InChI is InChI=1S/C24H46/c1-4-6-8-9-11-21-12-14-22(15-13-21)23-16-19-24(3,20-17-23)18-10-7-5-2/h21-23H,4-20H2,1-3H3/t21?,22?,23-,24-. The average Bonchev–Trinajstić information content (AvgIpc) is 2.60. The Labute approximate surface area is 153 Å². The third-order valence-electron chi connectivity index (χ3n) is 7.65. The van der Waals surface area contributed by atoms with E-state index in [0.717, 1.165) is 17.8 Å². The molecule has 2 saturated carbocycles. The van der Waals surface area contributed by atoms with Crippen molar-refractivity contribution in [3.8, 4) is 0 Å². The Kier molecular flexibility index (Phi) is 9.20. The van der Waals surface area contributed by atoms with E-state index in [1.54, 1.807) is 38.5 Å². The summed E-state index contributed by atoms with van der Waals surface area (Å²) < 4.78 is 0. The van der Waals surface area contributed by atoms with Crippen LogP contribution in [0.4, 0.5) is 0 Å². The lowest BCUT2D eigenvalue weighted by Crippen LogP contribution is -2.30. The zero-order valence-electron chi connectivity index (χ0n) is 17.3. The average molecular weight is 335 g/mol. The molecule has 0 aromatic rings. The molecule has 2 rings (SSSR count). The van der Waals surface area contributed by atoms with E-state index in [4.69, 9.17) is 0 Å². The van der Waals surface area contributed by atoms with Gasteiger partial charge in [-0.1, -0.05) is 85.0 Å². The highest BCUT2D eigenvalue weighted by Crippen LogP contribution is 2.47. The maximum atomic E-state index is 2.59. The minimum Gasteiger partial charge on any atom is -0.0654 e. The fourth-order valence-electron chi connectivity index (χ4n) is 5.67. The fraction of sp³-hybridized carbons (Fsp3) is 1.00. The summed E-state index contributed by atoms with van der Waals surface area (Å²) in [5, 5.41) is 0. The van der Waals surface area contributed by atoms with Crippen molar-refractivity contribution in [3.05, 3.63) is 0 Å². The SMILES string of the molecule is CCCCCCC1CCC([C@H]2CC[C@](C)(CCCCC)CC2)CC1. The summed E-state index contributed by atoms with van der Waals surface area (Å²) in [6.07, 6.45) is 25.5. The van der Waals surface area contributed by atoms with E-state index in [1.807, 2.05) is 0 Å². The molecule has 0 aromatic carbocycles. The molecule has 0 radical (unpaired) electrons. The van der Waals surface area contributed by atoms with Crippen molar-refractivity contribution >= 4 is 0 Å². The van der Waals surface area contributed by atoms with Gasteiger partial charge in [-0.15, -0.1) is 0 Å². The van der Waals surface area contributed by atoms with Crippen LogP contribution in [-0.4, -0.2) is 0 Å². The van der Waals surface area contributed by atoms with Crippen molar-refractivity contribution in [3.63, 3.8) is 0 Å². The zero-order valence-corrected chi connectivity index (χ0v) is 17.3. The topological polar surface area (TPSA) is 0 Å². The van der Waals surface area contributed by atoms with Gasteiger partial charge in [0.1, 0.15) is 0 Å². The largest absolute Gasteiger partial charge is 0.0654 e. The van der Waals surface area contributed by atoms with Crippen molar-refractivity contribution in [1.82, 2.24) is 0 Å². The van der Waals surface area contributed by atoms with E-state index in [2.05, 4.69) is 20.8 Å². The first-order valence-electron chi connectivity index (χ1n) is 11.7. The molecule has 0 heteroatoms. The van der Waals surface area contributed by atoms with Gasteiger partial charge in [0.25, 0.3) is 0 Å². The maximum absolute atomic E-state index is 2.59. The molecule has 2 fully saturated rings. The number of hydrogen-bond acceptors (Lipinski definition) is 0. The minimum absolute atomic E-state index is 0.697. The van der Waals surface area contributed by atoms with Crippen LogP contribution in [0.3, 0.4) is 0 Å². The molecule has 0 spiro atoms. The first kappa shape index (κ1) is 20.3. The van der Waals surface area contributed by atoms with Crippen LogP contribution in [0.5, 0.6) is 0 Å². The molecular weight excluding hydrogens is 288 g/mol. The molecule has 2 aliphatic carbocycles. The summed E-state index contributed by atoms with van der Waals surface area (Å²) in [6, 6.07) is 0. The molecule has 0 aromatic heterocycles. The zero-order chi connectivity index (χ0) is 17.3. The van der Waals surface area contributed by atoms with Crippen LogP contribution in [0.25, 0.3) is 0 Å². The molecule has 0 N–H and O–H groups in total. The second-order valence-electron chi connectivity index (χ2n) is 9.74. The highest BCUT2D eigenvalue weighted by atomic mass is 14.4. The van der Waals surface area contributed by atoms with Gasteiger partial charge in [-0.3, -0.25) is 0 Å². The van der Waals surface area contributed by atoms with Gasteiger partial charge in [0.05, 0.1) is 0 Å². The van der Waals surface area contributed by atoms with Crippen LogP contribution in [0, 0.1) is 23.2 Å². The quantitative estimate of drug-likeness (QED) is 0.351. The van der Waals surface area contributed by atoms with E-state index in [1.165, 1.54) is 70.6 Å². The van der Waals surface area contributed by atoms with Crippen LogP contribution >= 0.6 is 0 Å². The van der Waals surface area contributed by atoms with Gasteiger partial charge in [0.2, 0.25) is 0 Å². The lowest BCUT2D eigenvalue weighted by atomic mass is 9.63. The lowest BCUT2D eigenvalue weighted by Gasteiger charge is -2.42. The van der Waals surface area contributed by atoms with Crippen LogP contribution in [0.15, 0.2) is 0 Å². The van der Waals surface area contributed by atoms with Crippen LogP contribution < -0.4 is 0 Å². The predicted octanol–water partition coefficient (Wildman–Crippen LogP) is 8.54. The molecule has 2 aliphatic rings. The molecule has 0 amide bonds. The van der Waals surface area contributed by atoms with Crippen LogP contribution in [0.1, 0.15) is 130 Å². The van der Waals surface area contributed by atoms with Gasteiger partial charge >= 0.3 is 0 Å². The Bertz CT molecular complexity index is 302. The van der Waals surface area contributed by atoms with E-state index < -0.39 is 0 Å². The summed E-state index contributed by atoms with van der Waals surface area (Å²) in [5.41, 5.74) is 0.697. The van der Waals surface area contributed by atoms with Gasteiger partial charge in [-0.05, 0) is 68.1 Å². The third-order valence-corrected chi connectivity index (χ3v) is 7.65. The van der Waals surface area contributed by atoms with Crippen molar-refractivity contribution in [1.29, 1.82) is 0 Å². The fourth-order valence-corrected chi connectivity index (χ4v) is 5.67. The number of unbranched alkanes of at least 4 members (excludes halogenated alkanes) is 5. The van der Waals surface area contributed by atoms with Gasteiger partial charge < -0.3 is 0 Å². The predicted molar refractivity (Wildman–Crippen MR) is 108 cm³/mol.